The number of carboxylic acids is 1. The Hall–Kier alpha value is -3.77. The van der Waals surface area contributed by atoms with E-state index in [-0.39, 0.29) is 29.0 Å². The highest BCUT2D eigenvalue weighted by molar-refractivity contribution is 7.90. The van der Waals surface area contributed by atoms with Crippen LogP contribution in [0.15, 0.2) is 35.5 Å². The fourth-order valence-corrected chi connectivity index (χ4v) is 5.61. The highest BCUT2D eigenvalue weighted by Crippen LogP contribution is 2.28. The van der Waals surface area contributed by atoms with E-state index in [2.05, 4.69) is 15.3 Å². The first-order chi connectivity index (χ1) is 18.8. The van der Waals surface area contributed by atoms with Crippen molar-refractivity contribution in [1.82, 2.24) is 24.0 Å². The zero-order valence-corrected chi connectivity index (χ0v) is 23.6. The Morgan fingerprint density at radius 1 is 1.17 bits per heavy atom. The van der Waals surface area contributed by atoms with Gasteiger partial charge >= 0.3 is 12.1 Å². The summed E-state index contributed by atoms with van der Waals surface area (Å²) in [5.74, 6) is -3.21. The Morgan fingerprint density at radius 2 is 1.80 bits per heavy atom. The molecule has 1 aromatic carbocycles. The summed E-state index contributed by atoms with van der Waals surface area (Å²) in [6.45, 7) is 2.46. The van der Waals surface area contributed by atoms with Crippen molar-refractivity contribution >= 4 is 43.2 Å². The predicted molar refractivity (Wildman–Crippen MR) is 141 cm³/mol. The van der Waals surface area contributed by atoms with E-state index in [9.17, 15) is 34.8 Å². The number of amides is 1. The number of aryl methyl sites for hydroxylation is 1. The first-order valence-electron chi connectivity index (χ1n) is 11.8. The second-order valence-electron chi connectivity index (χ2n) is 9.33. The number of hydrogen-bond acceptors (Lipinski definition) is 9. The zero-order valence-electron chi connectivity index (χ0n) is 22.0. The van der Waals surface area contributed by atoms with Crippen LogP contribution in [0.1, 0.15) is 28.9 Å². The summed E-state index contributed by atoms with van der Waals surface area (Å²) >= 11 is 0. The van der Waals surface area contributed by atoms with Gasteiger partial charge in [-0.1, -0.05) is 6.07 Å². The standard InChI is InChI=1S/C21H26N6O5S2.C2HF3O2/c1-13-6-7-15(33(2,29)30)9-16(13)18-10-23-20-19(22)25-17(12-27(18)20)21(28)24-14-5-4-8-26(11-14)34(3,31)32;3-2(4,5)1(6)7/h6-7,9-10,12,14H,4-5,8,11H2,1-3H3,(H2,22,25)(H,24,28);(H,6,7). The number of nitrogens with one attached hydrogen (secondary N) is 1. The Labute approximate surface area is 233 Å². The average molecular weight is 621 g/mol. The lowest BCUT2D eigenvalue weighted by Gasteiger charge is -2.31. The molecule has 0 spiro atoms. The molecule has 1 fully saturated rings. The molecule has 0 radical (unpaired) electrons. The van der Waals surface area contributed by atoms with E-state index in [0.717, 1.165) is 18.1 Å². The molecule has 1 amide bonds. The van der Waals surface area contributed by atoms with Crippen LogP contribution in [-0.4, -0.2) is 90.3 Å². The molecule has 41 heavy (non-hydrogen) atoms. The summed E-state index contributed by atoms with van der Waals surface area (Å²) in [5, 5.41) is 9.97. The Balaban J connectivity index is 0.000000587. The first-order valence-corrected chi connectivity index (χ1v) is 15.5. The third-order valence-corrected chi connectivity index (χ3v) is 8.47. The third-order valence-electron chi connectivity index (χ3n) is 6.09. The number of imidazole rings is 1. The number of piperidine rings is 1. The molecular formula is C23H27F3N6O7S2. The highest BCUT2D eigenvalue weighted by atomic mass is 32.2. The van der Waals surface area contributed by atoms with Gasteiger partial charge in [0.05, 0.1) is 23.0 Å². The number of carboxylic acid groups (broad SMARTS) is 1. The molecule has 13 nitrogen and oxygen atoms in total. The summed E-state index contributed by atoms with van der Waals surface area (Å²) in [4.78, 5) is 30.5. The SMILES string of the molecule is Cc1ccc(S(C)(=O)=O)cc1-c1cnc2c(N)nc(C(=O)NC3CCCN(S(C)(=O)=O)C3)cn12.O=C(O)C(F)(F)F. The van der Waals surface area contributed by atoms with E-state index >= 15 is 0 Å². The van der Waals surface area contributed by atoms with Crippen molar-refractivity contribution in [2.24, 2.45) is 0 Å². The van der Waals surface area contributed by atoms with E-state index in [1.54, 1.807) is 22.7 Å². The number of nitrogens with two attached hydrogens (primary N) is 1. The van der Waals surface area contributed by atoms with E-state index in [4.69, 9.17) is 15.6 Å². The molecule has 1 aliphatic heterocycles. The van der Waals surface area contributed by atoms with Crippen LogP contribution in [0.25, 0.3) is 16.9 Å². The molecular weight excluding hydrogens is 593 g/mol. The number of anilines is 1. The average Bonchev–Trinajstić information content (AvgIpc) is 3.27. The van der Waals surface area contributed by atoms with E-state index in [1.165, 1.54) is 16.6 Å². The van der Waals surface area contributed by atoms with Crippen molar-refractivity contribution in [3.05, 3.63) is 41.9 Å². The zero-order chi connectivity index (χ0) is 30.9. The number of benzene rings is 1. The van der Waals surface area contributed by atoms with Gasteiger partial charge in [-0.3, -0.25) is 9.20 Å². The molecule has 0 aliphatic carbocycles. The van der Waals surface area contributed by atoms with E-state index < -0.39 is 37.9 Å². The molecule has 0 bridgehead atoms. The summed E-state index contributed by atoms with van der Waals surface area (Å²) in [5.41, 5.74) is 8.45. The van der Waals surface area contributed by atoms with Gasteiger partial charge in [-0.2, -0.15) is 13.2 Å². The van der Waals surface area contributed by atoms with Crippen LogP contribution in [0, 0.1) is 6.92 Å². The minimum atomic E-state index is -5.08. The van der Waals surface area contributed by atoms with Crippen molar-refractivity contribution in [1.29, 1.82) is 0 Å². The minimum Gasteiger partial charge on any atom is -0.475 e. The van der Waals surface area contributed by atoms with Gasteiger partial charge in [-0.25, -0.2) is 35.9 Å². The third kappa shape index (κ3) is 7.70. The number of carbonyl (C=O) groups is 2. The van der Waals surface area contributed by atoms with E-state index in [0.29, 0.717) is 36.3 Å². The number of hydrogen-bond donors (Lipinski definition) is 3. The number of nitrogen functional groups attached to an aromatic ring is 1. The number of carbonyl (C=O) groups excluding carboxylic acids is 1. The van der Waals surface area contributed by atoms with Crippen LogP contribution in [0.2, 0.25) is 0 Å². The van der Waals surface area contributed by atoms with Crippen molar-refractivity contribution in [2.45, 2.75) is 36.9 Å². The number of fused-ring (bicyclic) bond motifs is 1. The summed E-state index contributed by atoms with van der Waals surface area (Å²) < 4.78 is 82.5. The van der Waals surface area contributed by atoms with Gasteiger partial charge in [0.2, 0.25) is 10.0 Å². The van der Waals surface area contributed by atoms with Crippen molar-refractivity contribution in [3.63, 3.8) is 0 Å². The monoisotopic (exact) mass is 620 g/mol. The van der Waals surface area contributed by atoms with Crippen molar-refractivity contribution in [3.8, 4) is 11.3 Å². The van der Waals surface area contributed by atoms with Crippen LogP contribution in [0.4, 0.5) is 19.0 Å². The molecule has 4 N–H and O–H groups in total. The second-order valence-corrected chi connectivity index (χ2v) is 13.3. The number of nitrogens with zero attached hydrogens (tertiary/aromatic N) is 4. The van der Waals surface area contributed by atoms with Gasteiger partial charge in [0.15, 0.2) is 21.3 Å². The van der Waals surface area contributed by atoms with Gasteiger partial charge in [0.25, 0.3) is 5.91 Å². The molecule has 1 atom stereocenters. The number of aromatic nitrogens is 3. The molecule has 1 aliphatic rings. The van der Waals surface area contributed by atoms with Gasteiger partial charge in [0.1, 0.15) is 5.69 Å². The number of sulfonamides is 1. The number of sulfone groups is 1. The van der Waals surface area contributed by atoms with Gasteiger partial charge in [-0.15, -0.1) is 0 Å². The molecule has 0 saturated carbocycles. The Morgan fingerprint density at radius 3 is 2.37 bits per heavy atom. The minimum absolute atomic E-state index is 0.0391. The molecule has 2 aromatic heterocycles. The fourth-order valence-electron chi connectivity index (χ4n) is 4.05. The molecule has 1 saturated heterocycles. The number of rotatable bonds is 5. The van der Waals surface area contributed by atoms with Crippen LogP contribution in [0.3, 0.4) is 0 Å². The number of aliphatic carboxylic acids is 1. The Kier molecular flexibility index (Phi) is 8.99. The normalized spacial score (nSPS) is 16.6. The topological polar surface area (TPSA) is 194 Å². The van der Waals surface area contributed by atoms with E-state index in [1.807, 2.05) is 6.92 Å². The largest absolute Gasteiger partial charge is 0.490 e. The molecule has 4 rings (SSSR count). The Bertz CT molecular complexity index is 1710. The summed E-state index contributed by atoms with van der Waals surface area (Å²) in [6, 6.07) is 4.45. The van der Waals surface area contributed by atoms with Crippen LogP contribution in [0.5, 0.6) is 0 Å². The number of alkyl halides is 3. The first kappa shape index (κ1) is 31.8. The van der Waals surface area contributed by atoms with Crippen molar-refractivity contribution < 1.29 is 44.7 Å². The molecule has 3 aromatic rings. The fraction of sp³-hybridized carbons (Fsp3) is 0.391. The molecule has 1 unspecified atom stereocenters. The maximum absolute atomic E-state index is 13.0. The number of halogens is 3. The molecule has 3 heterocycles. The lowest BCUT2D eigenvalue weighted by Crippen LogP contribution is -2.49. The van der Waals surface area contributed by atoms with Crippen LogP contribution in [-0.2, 0) is 24.7 Å². The summed E-state index contributed by atoms with van der Waals surface area (Å²) in [7, 11) is -6.78. The molecule has 224 valence electrons. The quantitative estimate of drug-likeness (QED) is 0.376. The summed E-state index contributed by atoms with van der Waals surface area (Å²) in [6.07, 6.45) is 1.52. The maximum atomic E-state index is 13.0. The molecule has 18 heteroatoms. The predicted octanol–water partition coefficient (Wildman–Crippen LogP) is 1.48. The lowest BCUT2D eigenvalue weighted by molar-refractivity contribution is -0.192. The smallest absolute Gasteiger partial charge is 0.475 e. The highest BCUT2D eigenvalue weighted by Gasteiger charge is 2.38. The van der Waals surface area contributed by atoms with Gasteiger partial charge < -0.3 is 16.2 Å². The van der Waals surface area contributed by atoms with Crippen LogP contribution < -0.4 is 11.1 Å². The lowest BCUT2D eigenvalue weighted by atomic mass is 10.1. The maximum Gasteiger partial charge on any atom is 0.490 e. The van der Waals surface area contributed by atoms with Gasteiger partial charge in [0, 0.05) is 37.1 Å². The van der Waals surface area contributed by atoms with Crippen molar-refractivity contribution in [2.75, 3.05) is 31.3 Å². The van der Waals surface area contributed by atoms with Gasteiger partial charge in [-0.05, 0) is 37.5 Å². The second kappa shape index (κ2) is 11.6. The van der Waals surface area contributed by atoms with Crippen LogP contribution >= 0.6 is 0 Å².